The van der Waals surface area contributed by atoms with Gasteiger partial charge in [0, 0.05) is 11.3 Å². The van der Waals surface area contributed by atoms with Gasteiger partial charge < -0.3 is 5.32 Å². The van der Waals surface area contributed by atoms with Crippen LogP contribution in [-0.4, -0.2) is 26.3 Å². The number of aromatic amines is 1. The Bertz CT molecular complexity index is 980. The summed E-state index contributed by atoms with van der Waals surface area (Å²) in [6.45, 7) is 4.01. The molecule has 2 N–H and O–H groups in total. The number of carbonyl (C=O) groups excluding carboxylic acids is 1. The molecular weight excluding hydrogens is 368 g/mol. The fourth-order valence-corrected chi connectivity index (χ4v) is 4.16. The average Bonchev–Trinajstić information content (AvgIpc) is 3.37. The fourth-order valence-electron chi connectivity index (χ4n) is 3.43. The van der Waals surface area contributed by atoms with Crippen LogP contribution in [0.25, 0.3) is 11.4 Å². The average molecular weight is 393 g/mol. The van der Waals surface area contributed by atoms with E-state index < -0.39 is 0 Å². The number of aromatic nitrogens is 3. The molecule has 0 fully saturated rings. The lowest BCUT2D eigenvalue weighted by atomic mass is 10.1. The molecule has 1 atom stereocenters. The lowest BCUT2D eigenvalue weighted by Gasteiger charge is -2.11. The summed E-state index contributed by atoms with van der Waals surface area (Å²) < 4.78 is 0. The molecule has 1 aliphatic carbocycles. The minimum Gasteiger partial charge on any atom is -0.325 e. The van der Waals surface area contributed by atoms with Gasteiger partial charge in [0.2, 0.25) is 11.1 Å². The first kappa shape index (κ1) is 18.7. The van der Waals surface area contributed by atoms with Gasteiger partial charge in [0.15, 0.2) is 5.82 Å². The summed E-state index contributed by atoms with van der Waals surface area (Å²) >= 11 is 1.35. The number of anilines is 1. The number of nitrogens with zero attached hydrogens (tertiary/aromatic N) is 2. The number of nitrogens with one attached hydrogen (secondary N) is 2. The van der Waals surface area contributed by atoms with Gasteiger partial charge in [-0.25, -0.2) is 4.98 Å². The second kappa shape index (κ2) is 8.19. The highest BCUT2D eigenvalue weighted by atomic mass is 32.2. The molecule has 2 aromatic carbocycles. The molecule has 0 spiro atoms. The minimum absolute atomic E-state index is 0.0402. The van der Waals surface area contributed by atoms with Crippen molar-refractivity contribution in [3.63, 3.8) is 0 Å². The SMILES string of the molecule is CCc1ccc(-c2nc(S[C@H](C)C(=O)Nc3ccc4c(c3)CCC4)n[nH]2)cc1. The van der Waals surface area contributed by atoms with E-state index in [1.807, 2.05) is 25.1 Å². The highest BCUT2D eigenvalue weighted by Gasteiger charge is 2.19. The molecule has 4 rings (SSSR count). The number of aryl methyl sites for hydroxylation is 3. The van der Waals surface area contributed by atoms with Gasteiger partial charge in [-0.2, -0.15) is 0 Å². The van der Waals surface area contributed by atoms with Gasteiger partial charge in [0.05, 0.1) is 5.25 Å². The lowest BCUT2D eigenvalue weighted by molar-refractivity contribution is -0.115. The van der Waals surface area contributed by atoms with E-state index >= 15 is 0 Å². The topological polar surface area (TPSA) is 70.7 Å². The third-order valence-electron chi connectivity index (χ3n) is 5.12. The van der Waals surface area contributed by atoms with E-state index in [0.29, 0.717) is 5.16 Å². The first-order valence-corrected chi connectivity index (χ1v) is 10.6. The number of benzene rings is 2. The molecule has 1 amide bonds. The Morgan fingerprint density at radius 3 is 2.75 bits per heavy atom. The number of H-pyrrole nitrogens is 1. The van der Waals surface area contributed by atoms with Crippen molar-refractivity contribution in [2.45, 2.75) is 49.9 Å². The van der Waals surface area contributed by atoms with Crippen molar-refractivity contribution in [2.24, 2.45) is 0 Å². The number of carbonyl (C=O) groups is 1. The lowest BCUT2D eigenvalue weighted by Crippen LogP contribution is -2.22. The zero-order valence-electron chi connectivity index (χ0n) is 16.2. The Balaban J connectivity index is 1.38. The third-order valence-corrected chi connectivity index (χ3v) is 6.08. The first-order valence-electron chi connectivity index (χ1n) is 9.73. The molecule has 3 aromatic rings. The van der Waals surface area contributed by atoms with Crippen molar-refractivity contribution in [3.05, 3.63) is 59.2 Å². The minimum atomic E-state index is -0.292. The Labute approximate surface area is 169 Å². The predicted molar refractivity (Wildman–Crippen MR) is 114 cm³/mol. The van der Waals surface area contributed by atoms with Crippen LogP contribution in [0.1, 0.15) is 37.0 Å². The monoisotopic (exact) mass is 392 g/mol. The highest BCUT2D eigenvalue weighted by molar-refractivity contribution is 8.00. The van der Waals surface area contributed by atoms with Crippen molar-refractivity contribution in [3.8, 4) is 11.4 Å². The maximum absolute atomic E-state index is 12.6. The summed E-state index contributed by atoms with van der Waals surface area (Å²) in [6, 6.07) is 14.5. The predicted octanol–water partition coefficient (Wildman–Crippen LogP) is 4.64. The molecule has 0 unspecified atom stereocenters. The molecule has 1 aromatic heterocycles. The van der Waals surface area contributed by atoms with Crippen LogP contribution in [0.15, 0.2) is 47.6 Å². The molecule has 0 saturated carbocycles. The summed E-state index contributed by atoms with van der Waals surface area (Å²) in [5.41, 5.74) is 5.90. The molecule has 0 radical (unpaired) electrons. The quantitative estimate of drug-likeness (QED) is 0.600. The van der Waals surface area contributed by atoms with Crippen molar-refractivity contribution in [1.82, 2.24) is 15.2 Å². The molecule has 5 nitrogen and oxygen atoms in total. The summed E-state index contributed by atoms with van der Waals surface area (Å²) in [7, 11) is 0. The molecule has 0 saturated heterocycles. The van der Waals surface area contributed by atoms with Crippen molar-refractivity contribution in [2.75, 3.05) is 5.32 Å². The Morgan fingerprint density at radius 2 is 1.96 bits per heavy atom. The Hall–Kier alpha value is -2.60. The van der Waals surface area contributed by atoms with Crippen LogP contribution in [-0.2, 0) is 24.1 Å². The molecular formula is C22H24N4OS. The molecule has 0 aliphatic heterocycles. The number of hydrogen-bond acceptors (Lipinski definition) is 4. The smallest absolute Gasteiger partial charge is 0.237 e. The third kappa shape index (κ3) is 4.12. The molecule has 1 heterocycles. The van der Waals surface area contributed by atoms with E-state index in [2.05, 4.69) is 51.7 Å². The number of thioether (sulfide) groups is 1. The molecule has 0 bridgehead atoms. The van der Waals surface area contributed by atoms with Crippen molar-refractivity contribution >= 4 is 23.4 Å². The fraction of sp³-hybridized carbons (Fsp3) is 0.318. The zero-order chi connectivity index (χ0) is 19.5. The maximum Gasteiger partial charge on any atom is 0.237 e. The van der Waals surface area contributed by atoms with E-state index in [1.54, 1.807) is 0 Å². The Kier molecular flexibility index (Phi) is 5.48. The van der Waals surface area contributed by atoms with Crippen LogP contribution in [0.4, 0.5) is 5.69 Å². The van der Waals surface area contributed by atoms with Gasteiger partial charge >= 0.3 is 0 Å². The van der Waals surface area contributed by atoms with Gasteiger partial charge in [0.25, 0.3) is 0 Å². The summed E-state index contributed by atoms with van der Waals surface area (Å²) in [6.07, 6.45) is 4.45. The van der Waals surface area contributed by atoms with Crippen LogP contribution >= 0.6 is 11.8 Å². The van der Waals surface area contributed by atoms with Gasteiger partial charge in [0.1, 0.15) is 0 Å². The second-order valence-electron chi connectivity index (χ2n) is 7.10. The van der Waals surface area contributed by atoms with Gasteiger partial charge in [-0.15, -0.1) is 5.10 Å². The van der Waals surface area contributed by atoms with E-state index in [4.69, 9.17) is 0 Å². The van der Waals surface area contributed by atoms with Crippen LogP contribution in [0, 0.1) is 0 Å². The molecule has 28 heavy (non-hydrogen) atoms. The molecule has 6 heteroatoms. The highest BCUT2D eigenvalue weighted by Crippen LogP contribution is 2.27. The zero-order valence-corrected chi connectivity index (χ0v) is 17.0. The number of rotatable bonds is 6. The van der Waals surface area contributed by atoms with Gasteiger partial charge in [-0.1, -0.05) is 49.0 Å². The number of hydrogen-bond donors (Lipinski definition) is 2. The first-order chi connectivity index (χ1) is 13.6. The van der Waals surface area contributed by atoms with E-state index in [9.17, 15) is 4.79 Å². The van der Waals surface area contributed by atoms with Crippen LogP contribution < -0.4 is 5.32 Å². The molecule has 1 aliphatic rings. The Morgan fingerprint density at radius 1 is 1.18 bits per heavy atom. The maximum atomic E-state index is 12.6. The van der Waals surface area contributed by atoms with Crippen LogP contribution in [0.5, 0.6) is 0 Å². The number of fused-ring (bicyclic) bond motifs is 1. The van der Waals surface area contributed by atoms with Crippen molar-refractivity contribution < 1.29 is 4.79 Å². The summed E-state index contributed by atoms with van der Waals surface area (Å²) in [5.74, 6) is 0.679. The standard InChI is InChI=1S/C22H24N4OS/c1-3-15-7-9-17(10-8-15)20-24-22(26-25-20)28-14(2)21(27)23-19-12-11-16-5-4-6-18(16)13-19/h7-14H,3-6H2,1-2H3,(H,23,27)(H,24,25,26)/t14-/m1/s1. The van der Waals surface area contributed by atoms with Gasteiger partial charge in [-0.3, -0.25) is 9.89 Å². The van der Waals surface area contributed by atoms with Crippen LogP contribution in [0.2, 0.25) is 0 Å². The largest absolute Gasteiger partial charge is 0.325 e. The van der Waals surface area contributed by atoms with Crippen molar-refractivity contribution in [1.29, 1.82) is 0 Å². The number of amides is 1. The van der Waals surface area contributed by atoms with E-state index in [0.717, 1.165) is 36.3 Å². The van der Waals surface area contributed by atoms with Gasteiger partial charge in [-0.05, 0) is 61.4 Å². The molecule has 144 valence electrons. The summed E-state index contributed by atoms with van der Waals surface area (Å²) in [4.78, 5) is 17.1. The van der Waals surface area contributed by atoms with E-state index in [-0.39, 0.29) is 11.2 Å². The second-order valence-corrected chi connectivity index (χ2v) is 8.41. The van der Waals surface area contributed by atoms with Crippen LogP contribution in [0.3, 0.4) is 0 Å². The normalized spacial score (nSPS) is 13.9. The summed E-state index contributed by atoms with van der Waals surface area (Å²) in [5, 5.41) is 10.5. The van der Waals surface area contributed by atoms with E-state index in [1.165, 1.54) is 34.9 Å².